The molecular formula is C12H15N2O11V-2. The van der Waals surface area contributed by atoms with Gasteiger partial charge in [0.25, 0.3) is 0 Å². The molecule has 8 N–H and O–H groups in total. The molecular weight excluding hydrogens is 399 g/mol. The number of nitrogens with zero attached hydrogens (tertiary/aromatic N) is 2. The van der Waals surface area contributed by atoms with Gasteiger partial charge in [-0.05, 0) is 18.2 Å². The van der Waals surface area contributed by atoms with E-state index >= 15 is 0 Å². The molecule has 0 radical (unpaired) electrons. The zero-order valence-corrected chi connectivity index (χ0v) is 14.0. The molecule has 13 nitrogen and oxygen atoms in total. The molecule has 2 heterocycles. The molecule has 0 saturated carbocycles. The Morgan fingerprint density at radius 1 is 0.962 bits per heavy atom. The first-order chi connectivity index (χ1) is 10.8. The minimum atomic E-state index is -1.56. The Hall–Kier alpha value is -2.94. The fraction of sp³-hybridized carbons (Fsp3) is 0. The predicted octanol–water partition coefficient (Wildman–Crippen LogP) is -5.37. The first-order valence-corrected chi connectivity index (χ1v) is 6.70. The van der Waals surface area contributed by atoms with Crippen LogP contribution in [0.25, 0.3) is 0 Å². The molecule has 146 valence electrons. The topological polar surface area (TPSA) is 281 Å². The van der Waals surface area contributed by atoms with E-state index in [4.69, 9.17) is 12.8 Å². The summed E-state index contributed by atoms with van der Waals surface area (Å²) in [5.74, 6) is -4.01. The summed E-state index contributed by atoms with van der Waals surface area (Å²) >= 11 is -1.56. The van der Waals surface area contributed by atoms with Crippen LogP contribution in [0.1, 0.15) is 22.4 Å². The average molecular weight is 414 g/mol. The summed E-state index contributed by atoms with van der Waals surface area (Å²) in [7, 11) is 0. The van der Waals surface area contributed by atoms with Gasteiger partial charge in [-0.1, -0.05) is 11.8 Å². The van der Waals surface area contributed by atoms with Crippen molar-refractivity contribution in [2.45, 2.75) is 0 Å². The number of pyridine rings is 2. The van der Waals surface area contributed by atoms with Gasteiger partial charge in [0.1, 0.15) is 11.4 Å². The Bertz CT molecular complexity index is 634. The van der Waals surface area contributed by atoms with Crippen molar-refractivity contribution in [2.75, 3.05) is 0 Å². The summed E-state index contributed by atoms with van der Waals surface area (Å²) in [5, 5.41) is 39.5. The zero-order chi connectivity index (χ0) is 17.8. The second-order valence-electron chi connectivity index (χ2n) is 3.38. The van der Waals surface area contributed by atoms with Crippen LogP contribution < -0.4 is 15.3 Å². The molecule has 0 unspecified atom stereocenters. The van der Waals surface area contributed by atoms with Crippen molar-refractivity contribution in [3.8, 4) is 11.5 Å². The van der Waals surface area contributed by atoms with Crippen LogP contribution in [-0.2, 0) is 20.3 Å². The van der Waals surface area contributed by atoms with Gasteiger partial charge in [-0.15, -0.1) is 0 Å². The number of rotatable bonds is 2. The molecule has 0 bridgehead atoms. The van der Waals surface area contributed by atoms with Gasteiger partial charge < -0.3 is 46.4 Å². The molecule has 0 aromatic carbocycles. The van der Waals surface area contributed by atoms with E-state index in [2.05, 4.69) is 9.97 Å². The molecule has 0 spiro atoms. The van der Waals surface area contributed by atoms with E-state index < -0.39 is 45.7 Å². The van der Waals surface area contributed by atoms with Gasteiger partial charge >= 0.3 is 25.7 Å². The van der Waals surface area contributed by atoms with Crippen molar-refractivity contribution in [1.29, 1.82) is 0 Å². The maximum absolute atomic E-state index is 10.6. The van der Waals surface area contributed by atoms with Gasteiger partial charge in [-0.25, -0.2) is 0 Å². The summed E-state index contributed by atoms with van der Waals surface area (Å²) in [6.07, 6.45) is 2.50. The van der Waals surface area contributed by atoms with Crippen LogP contribution in [0.5, 0.6) is 11.5 Å². The molecule has 0 amide bonds. The van der Waals surface area contributed by atoms with Crippen LogP contribution in [0.2, 0.25) is 0 Å². The fourth-order valence-corrected chi connectivity index (χ4v) is 1.10. The Morgan fingerprint density at radius 2 is 1.35 bits per heavy atom. The van der Waals surface area contributed by atoms with Crippen LogP contribution >= 0.6 is 0 Å². The Balaban J connectivity index is -0.0000000924. The van der Waals surface area contributed by atoms with E-state index in [1.165, 1.54) is 30.6 Å². The summed E-state index contributed by atoms with van der Waals surface area (Å²) in [5.41, 5.74) is -0.968. The van der Waals surface area contributed by atoms with Gasteiger partial charge in [-0.3, -0.25) is 9.97 Å². The van der Waals surface area contributed by atoms with Crippen molar-refractivity contribution in [3.05, 3.63) is 48.0 Å². The van der Waals surface area contributed by atoms with Crippen LogP contribution in [0.15, 0.2) is 36.7 Å². The number of carboxylic acids is 2. The number of hydrogen-bond donors (Lipinski definition) is 2. The molecule has 26 heavy (non-hydrogen) atoms. The number of aromatic nitrogens is 2. The second-order valence-corrected chi connectivity index (χ2v) is 3.63. The van der Waals surface area contributed by atoms with Crippen molar-refractivity contribution in [2.24, 2.45) is 0 Å². The minimum absolute atomic E-state index is 0. The Morgan fingerprint density at radius 3 is 1.62 bits per heavy atom. The van der Waals surface area contributed by atoms with Crippen LogP contribution in [0, 0.1) is 0 Å². The fourth-order valence-electron chi connectivity index (χ4n) is 1.10. The van der Waals surface area contributed by atoms with Crippen molar-refractivity contribution in [1.82, 2.24) is 9.97 Å². The van der Waals surface area contributed by atoms with Gasteiger partial charge in [0.2, 0.25) is 0 Å². The van der Waals surface area contributed by atoms with Gasteiger partial charge in [0.15, 0.2) is 0 Å². The molecule has 2 rings (SSSR count). The maximum atomic E-state index is 10.6. The molecule has 14 heteroatoms. The number of aromatic carboxylic acids is 2. The van der Waals surface area contributed by atoms with Gasteiger partial charge in [0, 0.05) is 12.4 Å². The Labute approximate surface area is 154 Å². The van der Waals surface area contributed by atoms with E-state index in [9.17, 15) is 24.9 Å². The van der Waals surface area contributed by atoms with Crippen LogP contribution in [-0.4, -0.2) is 47.5 Å². The van der Waals surface area contributed by atoms with Gasteiger partial charge in [0.05, 0.1) is 17.6 Å². The number of carboxylic acid groups (broad SMARTS) is 2. The Kier molecular flexibility index (Phi) is 20.1. The monoisotopic (exact) mass is 414 g/mol. The summed E-state index contributed by atoms with van der Waals surface area (Å²) in [6.45, 7) is 0. The van der Waals surface area contributed by atoms with E-state index in [0.717, 1.165) is 6.07 Å². The molecule has 0 fully saturated rings. The van der Waals surface area contributed by atoms with E-state index in [1.54, 1.807) is 0 Å². The van der Waals surface area contributed by atoms with E-state index in [1.807, 2.05) is 0 Å². The molecule has 0 aliphatic carbocycles. The van der Waals surface area contributed by atoms with Crippen molar-refractivity contribution >= 4 is 11.9 Å². The molecule has 0 aliphatic heterocycles. The number of hydrogen-bond acceptors (Lipinski definition) is 9. The van der Waals surface area contributed by atoms with E-state index in [-0.39, 0.29) is 23.6 Å². The third kappa shape index (κ3) is 11.6. The molecule has 2 aromatic heterocycles. The summed E-state index contributed by atoms with van der Waals surface area (Å²) < 4.78 is 15.7. The first kappa shape index (κ1) is 30.9. The van der Waals surface area contributed by atoms with Crippen molar-refractivity contribution in [3.63, 3.8) is 0 Å². The normalized spacial score (nSPS) is 7.58. The van der Waals surface area contributed by atoms with Gasteiger partial charge in [-0.2, -0.15) is 0 Å². The second kappa shape index (κ2) is 16.9. The number of carbonyl (C=O) groups is 2. The zero-order valence-electron chi connectivity index (χ0n) is 13.6. The average Bonchev–Trinajstić information content (AvgIpc) is 2.49. The third-order valence-corrected chi connectivity index (χ3v) is 1.94. The molecule has 0 aliphatic rings. The predicted molar refractivity (Wildman–Crippen MR) is 73.1 cm³/mol. The molecule has 0 saturated heterocycles. The van der Waals surface area contributed by atoms with Crippen LogP contribution in [0.4, 0.5) is 0 Å². The number of carbonyl (C=O) groups excluding carboxylic acids is 2. The SMILES string of the molecule is O.O.O.O=C([O-])c1ncccc1O.O=C([O-])c1ncccc1[O-].[H+].[O]=[V][OH]. The molecule has 0 atom stereocenters. The third-order valence-electron chi connectivity index (χ3n) is 1.94. The molecule has 2 aromatic rings. The van der Waals surface area contributed by atoms with Crippen LogP contribution in [0.3, 0.4) is 0 Å². The van der Waals surface area contributed by atoms with Crippen molar-refractivity contribution < 1.29 is 72.2 Å². The standard InChI is InChI=1S/2C6H5NO3.4H2O.O.V/c2*8-4-2-1-3-7-5(4)6(9)10;;;;;;/h2*1-3,8H,(H,9,10);4*1H2;;/q;;;;;;;+1/p-3. The summed E-state index contributed by atoms with van der Waals surface area (Å²) in [6, 6.07) is 5.16. The quantitative estimate of drug-likeness (QED) is 0.470. The summed E-state index contributed by atoms with van der Waals surface area (Å²) in [4.78, 5) is 26.8. The number of aromatic hydroxyl groups is 1. The first-order valence-electron chi connectivity index (χ1n) is 5.50. The van der Waals surface area contributed by atoms with E-state index in [0.29, 0.717) is 0 Å².